The molecule has 0 aliphatic carbocycles. The summed E-state index contributed by atoms with van der Waals surface area (Å²) in [6.07, 6.45) is 0. The summed E-state index contributed by atoms with van der Waals surface area (Å²) < 4.78 is 3.31. The van der Waals surface area contributed by atoms with E-state index in [1.165, 1.54) is 11.4 Å². The number of nitrogen functional groups attached to an aromatic ring is 1. The van der Waals surface area contributed by atoms with Crippen molar-refractivity contribution < 1.29 is 0 Å². The van der Waals surface area contributed by atoms with E-state index in [1.807, 2.05) is 18.2 Å². The second kappa shape index (κ2) is 3.74. The molecule has 1 aromatic heterocycles. The monoisotopic (exact) mass is 264 g/mol. The second-order valence-corrected chi connectivity index (χ2v) is 4.50. The van der Waals surface area contributed by atoms with E-state index < -0.39 is 0 Å². The highest BCUT2D eigenvalue weighted by molar-refractivity contribution is 9.10. The van der Waals surface area contributed by atoms with Crippen molar-refractivity contribution in [3.05, 3.63) is 46.2 Å². The van der Waals surface area contributed by atoms with Crippen LogP contribution in [0, 0.1) is 13.8 Å². The third kappa shape index (κ3) is 1.79. The van der Waals surface area contributed by atoms with E-state index in [1.54, 1.807) is 0 Å². The van der Waals surface area contributed by atoms with E-state index in [2.05, 4.69) is 46.5 Å². The minimum absolute atomic E-state index is 0.788. The molecule has 0 saturated heterocycles. The van der Waals surface area contributed by atoms with Crippen LogP contribution in [0.4, 0.5) is 5.69 Å². The van der Waals surface area contributed by atoms with Gasteiger partial charge in [-0.3, -0.25) is 0 Å². The molecule has 0 fully saturated rings. The van der Waals surface area contributed by atoms with Crippen molar-refractivity contribution in [2.75, 3.05) is 5.73 Å². The summed E-state index contributed by atoms with van der Waals surface area (Å²) in [5.74, 6) is 0. The van der Waals surface area contributed by atoms with Crippen LogP contribution in [0.3, 0.4) is 0 Å². The predicted molar refractivity (Wildman–Crippen MR) is 67.4 cm³/mol. The SMILES string of the molecule is Cc1cc(Br)c(C)n1-c1cccc(N)c1. The normalized spacial score (nSPS) is 10.6. The first-order chi connectivity index (χ1) is 7.09. The van der Waals surface area contributed by atoms with Crippen molar-refractivity contribution in [2.45, 2.75) is 13.8 Å². The predicted octanol–water partition coefficient (Wildman–Crippen LogP) is 3.44. The third-order valence-corrected chi connectivity index (χ3v) is 3.30. The van der Waals surface area contributed by atoms with E-state index in [0.717, 1.165) is 15.8 Å². The van der Waals surface area contributed by atoms with Gasteiger partial charge in [0, 0.05) is 27.2 Å². The number of aromatic nitrogens is 1. The highest BCUT2D eigenvalue weighted by Crippen LogP contribution is 2.25. The van der Waals surface area contributed by atoms with Gasteiger partial charge in [-0.2, -0.15) is 0 Å². The summed E-state index contributed by atoms with van der Waals surface area (Å²) >= 11 is 3.53. The maximum absolute atomic E-state index is 5.78. The zero-order valence-electron chi connectivity index (χ0n) is 8.79. The van der Waals surface area contributed by atoms with Gasteiger partial charge in [0.05, 0.1) is 0 Å². The molecule has 0 spiro atoms. The molecular weight excluding hydrogens is 252 g/mol. The van der Waals surface area contributed by atoms with E-state index >= 15 is 0 Å². The van der Waals surface area contributed by atoms with Crippen molar-refractivity contribution in [1.29, 1.82) is 0 Å². The molecule has 0 amide bonds. The van der Waals surface area contributed by atoms with Crippen LogP contribution in [0.1, 0.15) is 11.4 Å². The number of nitrogens with two attached hydrogens (primary N) is 1. The topological polar surface area (TPSA) is 30.9 Å². The minimum atomic E-state index is 0.788. The molecule has 2 N–H and O–H groups in total. The third-order valence-electron chi connectivity index (χ3n) is 2.50. The number of anilines is 1. The molecule has 2 aromatic rings. The molecule has 0 aliphatic rings. The van der Waals surface area contributed by atoms with Crippen LogP contribution in [-0.4, -0.2) is 4.57 Å². The van der Waals surface area contributed by atoms with Crippen LogP contribution in [0.15, 0.2) is 34.8 Å². The van der Waals surface area contributed by atoms with Gasteiger partial charge in [-0.1, -0.05) is 6.07 Å². The van der Waals surface area contributed by atoms with Crippen molar-refractivity contribution in [3.63, 3.8) is 0 Å². The zero-order valence-corrected chi connectivity index (χ0v) is 10.4. The number of hydrogen-bond donors (Lipinski definition) is 1. The van der Waals surface area contributed by atoms with Crippen molar-refractivity contribution in [3.8, 4) is 5.69 Å². The van der Waals surface area contributed by atoms with Gasteiger partial charge in [-0.15, -0.1) is 0 Å². The van der Waals surface area contributed by atoms with Gasteiger partial charge in [0.15, 0.2) is 0 Å². The maximum atomic E-state index is 5.78. The Labute approximate surface area is 97.8 Å². The molecule has 2 nitrogen and oxygen atoms in total. The standard InChI is InChI=1S/C12H13BrN2/c1-8-6-12(13)9(2)15(8)11-5-3-4-10(14)7-11/h3-7H,14H2,1-2H3. The summed E-state index contributed by atoms with van der Waals surface area (Å²) in [5, 5.41) is 0. The fourth-order valence-electron chi connectivity index (χ4n) is 1.78. The Bertz CT molecular complexity index is 500. The Morgan fingerprint density at radius 2 is 1.93 bits per heavy atom. The summed E-state index contributed by atoms with van der Waals surface area (Å²) in [6, 6.07) is 10.0. The first kappa shape index (κ1) is 10.3. The van der Waals surface area contributed by atoms with Gasteiger partial charge < -0.3 is 10.3 Å². The largest absolute Gasteiger partial charge is 0.399 e. The summed E-state index contributed by atoms with van der Waals surface area (Å²) in [6.45, 7) is 4.17. The van der Waals surface area contributed by atoms with Gasteiger partial charge in [-0.25, -0.2) is 0 Å². The molecule has 1 heterocycles. The fourth-order valence-corrected chi connectivity index (χ4v) is 2.29. The number of nitrogens with zero attached hydrogens (tertiary/aromatic N) is 1. The minimum Gasteiger partial charge on any atom is -0.399 e. The van der Waals surface area contributed by atoms with Crippen molar-refractivity contribution in [1.82, 2.24) is 4.57 Å². The molecule has 0 aliphatic heterocycles. The lowest BCUT2D eigenvalue weighted by atomic mass is 10.2. The zero-order chi connectivity index (χ0) is 11.0. The molecule has 0 bridgehead atoms. The molecule has 15 heavy (non-hydrogen) atoms. The molecule has 78 valence electrons. The summed E-state index contributed by atoms with van der Waals surface area (Å²) in [7, 11) is 0. The van der Waals surface area contributed by atoms with Crippen LogP contribution in [-0.2, 0) is 0 Å². The maximum Gasteiger partial charge on any atom is 0.0475 e. The first-order valence-electron chi connectivity index (χ1n) is 4.80. The molecule has 0 unspecified atom stereocenters. The average Bonchev–Trinajstić information content (AvgIpc) is 2.41. The van der Waals surface area contributed by atoms with Gasteiger partial charge in [0.1, 0.15) is 0 Å². The van der Waals surface area contributed by atoms with Crippen LogP contribution in [0.5, 0.6) is 0 Å². The molecular formula is C12H13BrN2. The molecule has 0 saturated carbocycles. The molecule has 3 heteroatoms. The molecule has 0 radical (unpaired) electrons. The average molecular weight is 265 g/mol. The first-order valence-corrected chi connectivity index (χ1v) is 5.59. The Kier molecular flexibility index (Phi) is 2.57. The Morgan fingerprint density at radius 3 is 2.47 bits per heavy atom. The van der Waals surface area contributed by atoms with Gasteiger partial charge in [0.2, 0.25) is 0 Å². The van der Waals surface area contributed by atoms with Gasteiger partial charge in [-0.05, 0) is 54.0 Å². The number of aryl methyl sites for hydroxylation is 1. The second-order valence-electron chi connectivity index (χ2n) is 3.65. The number of hydrogen-bond acceptors (Lipinski definition) is 1. The van der Waals surface area contributed by atoms with Crippen molar-refractivity contribution >= 4 is 21.6 Å². The molecule has 1 aromatic carbocycles. The number of halogens is 1. The number of rotatable bonds is 1. The molecule has 2 rings (SSSR count). The quantitative estimate of drug-likeness (QED) is 0.787. The van der Waals surface area contributed by atoms with Gasteiger partial charge in [0.25, 0.3) is 0 Å². The van der Waals surface area contributed by atoms with E-state index in [9.17, 15) is 0 Å². The van der Waals surface area contributed by atoms with E-state index in [0.29, 0.717) is 0 Å². The fraction of sp³-hybridized carbons (Fsp3) is 0.167. The number of benzene rings is 1. The highest BCUT2D eigenvalue weighted by atomic mass is 79.9. The lowest BCUT2D eigenvalue weighted by Crippen LogP contribution is -1.99. The van der Waals surface area contributed by atoms with E-state index in [-0.39, 0.29) is 0 Å². The highest BCUT2D eigenvalue weighted by Gasteiger charge is 2.08. The Morgan fingerprint density at radius 1 is 1.20 bits per heavy atom. The Hall–Kier alpha value is -1.22. The Balaban J connectivity index is 2.63. The molecule has 0 atom stereocenters. The van der Waals surface area contributed by atoms with Gasteiger partial charge >= 0.3 is 0 Å². The lowest BCUT2D eigenvalue weighted by Gasteiger charge is -2.09. The van der Waals surface area contributed by atoms with Crippen LogP contribution >= 0.6 is 15.9 Å². The van der Waals surface area contributed by atoms with Crippen LogP contribution < -0.4 is 5.73 Å². The van der Waals surface area contributed by atoms with Crippen LogP contribution in [0.25, 0.3) is 5.69 Å². The van der Waals surface area contributed by atoms with Crippen LogP contribution in [0.2, 0.25) is 0 Å². The smallest absolute Gasteiger partial charge is 0.0475 e. The van der Waals surface area contributed by atoms with Crippen molar-refractivity contribution in [2.24, 2.45) is 0 Å². The van der Waals surface area contributed by atoms with E-state index in [4.69, 9.17) is 5.73 Å². The summed E-state index contributed by atoms with van der Waals surface area (Å²) in [5.41, 5.74) is 10.1. The lowest BCUT2D eigenvalue weighted by molar-refractivity contribution is 0.964. The summed E-state index contributed by atoms with van der Waals surface area (Å²) in [4.78, 5) is 0.